The smallest absolute Gasteiger partial charge is 0.276 e. The molecule has 1 amide bonds. The molecule has 18 heavy (non-hydrogen) atoms. The van der Waals surface area contributed by atoms with Gasteiger partial charge in [0, 0.05) is 25.0 Å². The molecule has 0 radical (unpaired) electrons. The lowest BCUT2D eigenvalue weighted by Gasteiger charge is -2.23. The lowest BCUT2D eigenvalue weighted by molar-refractivity contribution is 0.0725. The maximum Gasteiger partial charge on any atom is 0.276 e. The quantitative estimate of drug-likeness (QED) is 0.810. The first-order chi connectivity index (χ1) is 8.86. The van der Waals surface area contributed by atoms with E-state index < -0.39 is 0 Å². The van der Waals surface area contributed by atoms with Crippen molar-refractivity contribution in [2.75, 3.05) is 6.54 Å². The van der Waals surface area contributed by atoms with Crippen LogP contribution in [-0.2, 0) is 0 Å². The lowest BCUT2D eigenvalue weighted by Crippen LogP contribution is -2.30. The largest absolute Gasteiger partial charge is 0.364 e. The van der Waals surface area contributed by atoms with Crippen molar-refractivity contribution in [3.63, 3.8) is 0 Å². The molecule has 1 atom stereocenters. The summed E-state index contributed by atoms with van der Waals surface area (Å²) in [6, 6.07) is 5.60. The van der Waals surface area contributed by atoms with E-state index in [1.165, 1.54) is 6.26 Å². The molecule has 3 rings (SSSR count). The summed E-state index contributed by atoms with van der Waals surface area (Å²) in [4.78, 5) is 18.2. The fourth-order valence-electron chi connectivity index (χ4n) is 2.40. The molecule has 2 aromatic rings. The van der Waals surface area contributed by atoms with E-state index in [9.17, 15) is 4.79 Å². The number of hydrogen-bond acceptors (Lipinski definition) is 4. The van der Waals surface area contributed by atoms with Crippen LogP contribution in [0.5, 0.6) is 0 Å². The van der Waals surface area contributed by atoms with Gasteiger partial charge in [-0.1, -0.05) is 11.2 Å². The van der Waals surface area contributed by atoms with Gasteiger partial charge in [-0.15, -0.1) is 0 Å². The maximum absolute atomic E-state index is 12.3. The van der Waals surface area contributed by atoms with Gasteiger partial charge < -0.3 is 9.42 Å². The first-order valence-corrected chi connectivity index (χ1v) is 5.97. The van der Waals surface area contributed by atoms with E-state index in [2.05, 4.69) is 10.1 Å². The van der Waals surface area contributed by atoms with Crippen molar-refractivity contribution in [2.45, 2.75) is 18.9 Å². The average Bonchev–Trinajstić information content (AvgIpc) is 3.10. The van der Waals surface area contributed by atoms with Gasteiger partial charge in [0.15, 0.2) is 5.69 Å². The van der Waals surface area contributed by atoms with Gasteiger partial charge in [0.2, 0.25) is 0 Å². The first-order valence-electron chi connectivity index (χ1n) is 5.97. The Kier molecular flexibility index (Phi) is 2.80. The predicted octanol–water partition coefficient (Wildman–Crippen LogP) is 2.05. The molecule has 0 saturated carbocycles. The van der Waals surface area contributed by atoms with E-state index in [0.717, 1.165) is 24.9 Å². The topological polar surface area (TPSA) is 59.2 Å². The van der Waals surface area contributed by atoms with Crippen molar-refractivity contribution < 1.29 is 9.32 Å². The van der Waals surface area contributed by atoms with Crippen LogP contribution in [0.3, 0.4) is 0 Å². The summed E-state index contributed by atoms with van der Waals surface area (Å²) in [6.45, 7) is 0.755. The second-order valence-corrected chi connectivity index (χ2v) is 4.33. The van der Waals surface area contributed by atoms with Crippen LogP contribution in [0.2, 0.25) is 0 Å². The van der Waals surface area contributed by atoms with Gasteiger partial charge in [0.1, 0.15) is 6.26 Å². The van der Waals surface area contributed by atoms with Crippen LogP contribution in [-0.4, -0.2) is 27.5 Å². The van der Waals surface area contributed by atoms with Crippen LogP contribution in [0.15, 0.2) is 41.4 Å². The molecule has 0 spiro atoms. The Balaban J connectivity index is 1.86. The highest BCUT2D eigenvalue weighted by atomic mass is 16.5. The number of nitrogens with zero attached hydrogens (tertiary/aromatic N) is 3. The zero-order valence-corrected chi connectivity index (χ0v) is 9.82. The van der Waals surface area contributed by atoms with E-state index in [1.807, 2.05) is 23.2 Å². The molecule has 1 aliphatic heterocycles. The van der Waals surface area contributed by atoms with E-state index in [0.29, 0.717) is 5.69 Å². The minimum atomic E-state index is -0.0740. The minimum absolute atomic E-state index is 0.0740. The van der Waals surface area contributed by atoms with Gasteiger partial charge in [-0.3, -0.25) is 9.78 Å². The van der Waals surface area contributed by atoms with E-state index >= 15 is 0 Å². The van der Waals surface area contributed by atoms with Crippen LogP contribution in [0.4, 0.5) is 0 Å². The number of pyridine rings is 1. The van der Waals surface area contributed by atoms with Gasteiger partial charge in [0.25, 0.3) is 5.91 Å². The van der Waals surface area contributed by atoms with Crippen LogP contribution >= 0.6 is 0 Å². The fourth-order valence-corrected chi connectivity index (χ4v) is 2.40. The van der Waals surface area contributed by atoms with Crippen molar-refractivity contribution in [3.05, 3.63) is 48.1 Å². The van der Waals surface area contributed by atoms with Gasteiger partial charge in [-0.25, -0.2) is 0 Å². The van der Waals surface area contributed by atoms with Gasteiger partial charge in [-0.05, 0) is 24.5 Å². The van der Waals surface area contributed by atoms with Crippen LogP contribution in [0, 0.1) is 0 Å². The molecule has 5 heteroatoms. The SMILES string of the molecule is O=C(c1ccon1)N1CCCC1c1cccnc1. The minimum Gasteiger partial charge on any atom is -0.364 e. The van der Waals surface area contributed by atoms with Crippen LogP contribution in [0.1, 0.15) is 34.9 Å². The second-order valence-electron chi connectivity index (χ2n) is 4.33. The Morgan fingerprint density at radius 2 is 2.39 bits per heavy atom. The van der Waals surface area contributed by atoms with Gasteiger partial charge >= 0.3 is 0 Å². The Labute approximate surface area is 104 Å². The number of likely N-dealkylation sites (tertiary alicyclic amines) is 1. The Morgan fingerprint density at radius 3 is 3.11 bits per heavy atom. The molecule has 5 nitrogen and oxygen atoms in total. The highest BCUT2D eigenvalue weighted by molar-refractivity contribution is 5.92. The van der Waals surface area contributed by atoms with Crippen molar-refractivity contribution in [1.82, 2.24) is 15.0 Å². The summed E-state index contributed by atoms with van der Waals surface area (Å²) in [6.07, 6.45) is 6.95. The zero-order valence-electron chi connectivity index (χ0n) is 9.82. The van der Waals surface area contributed by atoms with E-state index in [1.54, 1.807) is 12.3 Å². The predicted molar refractivity (Wildman–Crippen MR) is 63.8 cm³/mol. The third-order valence-electron chi connectivity index (χ3n) is 3.24. The normalized spacial score (nSPS) is 19.1. The molecular weight excluding hydrogens is 230 g/mol. The summed E-state index contributed by atoms with van der Waals surface area (Å²) in [5, 5.41) is 3.71. The monoisotopic (exact) mass is 243 g/mol. The third kappa shape index (κ3) is 1.88. The number of carbonyl (C=O) groups is 1. The summed E-state index contributed by atoms with van der Waals surface area (Å²) < 4.78 is 4.73. The first kappa shape index (κ1) is 11.0. The van der Waals surface area contributed by atoms with Crippen molar-refractivity contribution in [3.8, 4) is 0 Å². The molecule has 3 heterocycles. The number of hydrogen-bond donors (Lipinski definition) is 0. The molecule has 1 fully saturated rings. The molecule has 1 saturated heterocycles. The second kappa shape index (κ2) is 4.60. The average molecular weight is 243 g/mol. The standard InChI is InChI=1S/C13H13N3O2/c17-13(11-5-8-18-15-11)16-7-2-4-12(16)10-3-1-6-14-9-10/h1,3,5-6,8-9,12H,2,4,7H2. The highest BCUT2D eigenvalue weighted by Gasteiger charge is 2.31. The molecular formula is C13H13N3O2. The molecule has 1 unspecified atom stereocenters. The lowest BCUT2D eigenvalue weighted by atomic mass is 10.1. The Morgan fingerprint density at radius 1 is 1.44 bits per heavy atom. The number of rotatable bonds is 2. The van der Waals surface area contributed by atoms with Crippen LogP contribution in [0.25, 0.3) is 0 Å². The van der Waals surface area contributed by atoms with Crippen LogP contribution < -0.4 is 0 Å². The molecule has 0 bridgehead atoms. The summed E-state index contributed by atoms with van der Waals surface area (Å²) in [5.74, 6) is -0.0740. The van der Waals surface area contributed by atoms with E-state index in [-0.39, 0.29) is 11.9 Å². The van der Waals surface area contributed by atoms with Gasteiger partial charge in [0.05, 0.1) is 6.04 Å². The molecule has 0 aliphatic carbocycles. The molecule has 92 valence electrons. The third-order valence-corrected chi connectivity index (χ3v) is 3.24. The molecule has 1 aliphatic rings. The Bertz CT molecular complexity index is 524. The Hall–Kier alpha value is -2.17. The van der Waals surface area contributed by atoms with E-state index in [4.69, 9.17) is 4.52 Å². The molecule has 0 N–H and O–H groups in total. The van der Waals surface area contributed by atoms with Crippen molar-refractivity contribution in [1.29, 1.82) is 0 Å². The number of carbonyl (C=O) groups excluding carboxylic acids is 1. The number of aromatic nitrogens is 2. The highest BCUT2D eigenvalue weighted by Crippen LogP contribution is 2.32. The summed E-state index contributed by atoms with van der Waals surface area (Å²) in [7, 11) is 0. The number of amides is 1. The summed E-state index contributed by atoms with van der Waals surface area (Å²) >= 11 is 0. The zero-order chi connectivity index (χ0) is 12.4. The fraction of sp³-hybridized carbons (Fsp3) is 0.308. The molecule has 2 aromatic heterocycles. The maximum atomic E-state index is 12.3. The van der Waals surface area contributed by atoms with Crippen molar-refractivity contribution in [2.24, 2.45) is 0 Å². The summed E-state index contributed by atoms with van der Waals surface area (Å²) in [5.41, 5.74) is 1.44. The molecule has 0 aromatic carbocycles. The van der Waals surface area contributed by atoms with Gasteiger partial charge in [-0.2, -0.15) is 0 Å². The van der Waals surface area contributed by atoms with Crippen molar-refractivity contribution >= 4 is 5.91 Å².